The fraction of sp³-hybridized carbons (Fsp3) is 0.211. The van der Waals surface area contributed by atoms with Crippen molar-refractivity contribution in [2.75, 3.05) is 11.4 Å². The van der Waals surface area contributed by atoms with Crippen LogP contribution in [0.15, 0.2) is 42.0 Å². The van der Waals surface area contributed by atoms with Gasteiger partial charge in [0.2, 0.25) is 0 Å². The number of benzene rings is 1. The van der Waals surface area contributed by atoms with E-state index >= 15 is 0 Å². The van der Waals surface area contributed by atoms with Crippen LogP contribution in [0.3, 0.4) is 0 Å². The van der Waals surface area contributed by atoms with Crippen LogP contribution in [0, 0.1) is 12.7 Å². The number of aromatic amines is 1. The van der Waals surface area contributed by atoms with Gasteiger partial charge in [-0.05, 0) is 19.1 Å². The largest absolute Gasteiger partial charge is 0.360 e. The van der Waals surface area contributed by atoms with Crippen molar-refractivity contribution < 1.29 is 4.39 Å². The van der Waals surface area contributed by atoms with Crippen molar-refractivity contribution in [1.29, 1.82) is 0 Å². The van der Waals surface area contributed by atoms with E-state index in [9.17, 15) is 9.18 Å². The Morgan fingerprint density at radius 3 is 2.96 bits per heavy atom. The maximum Gasteiger partial charge on any atom is 0.285 e. The summed E-state index contributed by atoms with van der Waals surface area (Å²) < 4.78 is 16.3. The summed E-state index contributed by atoms with van der Waals surface area (Å²) in [5.74, 6) is 0.488. The van der Waals surface area contributed by atoms with E-state index in [4.69, 9.17) is 11.6 Å². The van der Waals surface area contributed by atoms with Crippen LogP contribution in [-0.2, 0) is 13.1 Å². The molecule has 1 N–H and O–H groups in total. The molecule has 1 aliphatic rings. The minimum Gasteiger partial charge on any atom is -0.360 e. The Labute approximate surface area is 159 Å². The second-order valence-corrected chi connectivity index (χ2v) is 6.87. The number of hydrogen-bond donors (Lipinski definition) is 1. The molecular formula is C19H17ClFN5O. The van der Waals surface area contributed by atoms with E-state index in [2.05, 4.69) is 21.8 Å². The van der Waals surface area contributed by atoms with Gasteiger partial charge < -0.3 is 9.47 Å². The summed E-state index contributed by atoms with van der Waals surface area (Å²) in [5.41, 5.74) is 2.96. The van der Waals surface area contributed by atoms with E-state index in [1.807, 2.05) is 16.4 Å². The molecule has 0 aliphatic carbocycles. The second kappa shape index (κ2) is 6.66. The minimum atomic E-state index is -0.424. The second-order valence-electron chi connectivity index (χ2n) is 6.49. The Hall–Kier alpha value is -2.93. The first kappa shape index (κ1) is 17.5. The van der Waals surface area contributed by atoms with Gasteiger partial charge in [-0.3, -0.25) is 4.79 Å². The standard InChI is InChI=1S/C19H17ClFN5O/c1-11-3-4-14(21)13(7-11)12(2)15-8-22-17-10-25(5-6-26(15)17)16-9-23-24-19(27)18(16)20/h3-4,7-9H,2,5-6,10H2,1H3,(H,24,27). The molecule has 27 heavy (non-hydrogen) atoms. The highest BCUT2D eigenvalue weighted by Gasteiger charge is 2.24. The fourth-order valence-corrected chi connectivity index (χ4v) is 3.52. The first-order valence-electron chi connectivity index (χ1n) is 8.44. The molecule has 138 valence electrons. The van der Waals surface area contributed by atoms with Gasteiger partial charge in [0.15, 0.2) is 0 Å². The fourth-order valence-electron chi connectivity index (χ4n) is 3.31. The van der Waals surface area contributed by atoms with E-state index in [1.54, 1.807) is 18.3 Å². The minimum absolute atomic E-state index is 0.108. The van der Waals surface area contributed by atoms with Gasteiger partial charge in [-0.2, -0.15) is 5.10 Å². The zero-order valence-corrected chi connectivity index (χ0v) is 15.4. The number of aromatic nitrogens is 4. The number of anilines is 1. The molecule has 0 unspecified atom stereocenters. The molecule has 8 heteroatoms. The Kier molecular flexibility index (Phi) is 4.31. The molecule has 4 rings (SSSR count). The van der Waals surface area contributed by atoms with Crippen molar-refractivity contribution in [3.63, 3.8) is 0 Å². The average Bonchev–Trinajstić information content (AvgIpc) is 3.08. The van der Waals surface area contributed by atoms with E-state index in [0.717, 1.165) is 17.1 Å². The predicted molar refractivity (Wildman–Crippen MR) is 102 cm³/mol. The number of aryl methyl sites for hydroxylation is 1. The lowest BCUT2D eigenvalue weighted by molar-refractivity contribution is 0.555. The SMILES string of the molecule is C=C(c1cc(C)ccc1F)c1cnc2n1CCN(c1cn[nH]c(=O)c1Cl)C2. The number of nitrogens with zero attached hydrogens (tertiary/aromatic N) is 4. The Morgan fingerprint density at radius 1 is 1.33 bits per heavy atom. The molecule has 1 aromatic carbocycles. The summed E-state index contributed by atoms with van der Waals surface area (Å²) in [4.78, 5) is 18.1. The van der Waals surface area contributed by atoms with Gasteiger partial charge in [-0.15, -0.1) is 0 Å². The van der Waals surface area contributed by atoms with Crippen molar-refractivity contribution in [3.05, 3.63) is 81.0 Å². The third-order valence-corrected chi connectivity index (χ3v) is 5.10. The molecule has 0 spiro atoms. The van der Waals surface area contributed by atoms with Crippen molar-refractivity contribution in [1.82, 2.24) is 19.7 Å². The predicted octanol–water partition coefficient (Wildman–Crippen LogP) is 3.15. The van der Waals surface area contributed by atoms with E-state index in [1.165, 1.54) is 12.3 Å². The normalized spacial score (nSPS) is 13.5. The molecule has 0 saturated heterocycles. The highest BCUT2D eigenvalue weighted by molar-refractivity contribution is 6.32. The van der Waals surface area contributed by atoms with Gasteiger partial charge >= 0.3 is 0 Å². The van der Waals surface area contributed by atoms with Crippen LogP contribution >= 0.6 is 11.6 Å². The number of nitrogens with one attached hydrogen (secondary N) is 1. The van der Waals surface area contributed by atoms with Crippen LogP contribution in [0.1, 0.15) is 22.6 Å². The number of imidazole rings is 1. The van der Waals surface area contributed by atoms with Crippen molar-refractivity contribution in [2.24, 2.45) is 0 Å². The Bertz CT molecular complexity index is 1100. The number of hydrogen-bond acceptors (Lipinski definition) is 4. The lowest BCUT2D eigenvalue weighted by Crippen LogP contribution is -2.35. The maximum absolute atomic E-state index is 14.3. The van der Waals surface area contributed by atoms with Gasteiger partial charge in [0.1, 0.15) is 16.7 Å². The number of rotatable bonds is 3. The molecular weight excluding hydrogens is 369 g/mol. The lowest BCUT2D eigenvalue weighted by Gasteiger charge is -2.30. The average molecular weight is 386 g/mol. The van der Waals surface area contributed by atoms with Gasteiger partial charge in [0.05, 0.1) is 30.3 Å². The van der Waals surface area contributed by atoms with Crippen molar-refractivity contribution >= 4 is 22.9 Å². The molecule has 1 aliphatic heterocycles. The van der Waals surface area contributed by atoms with Crippen LogP contribution in [0.4, 0.5) is 10.1 Å². The summed E-state index contributed by atoms with van der Waals surface area (Å²) >= 11 is 6.11. The van der Waals surface area contributed by atoms with Crippen LogP contribution < -0.4 is 10.5 Å². The van der Waals surface area contributed by atoms with Gasteiger partial charge in [-0.1, -0.05) is 29.8 Å². The van der Waals surface area contributed by atoms with E-state index in [-0.39, 0.29) is 10.8 Å². The Morgan fingerprint density at radius 2 is 2.15 bits per heavy atom. The van der Waals surface area contributed by atoms with Crippen LogP contribution in [0.5, 0.6) is 0 Å². The van der Waals surface area contributed by atoms with Crippen molar-refractivity contribution in [2.45, 2.75) is 20.0 Å². The first-order valence-corrected chi connectivity index (χ1v) is 8.82. The molecule has 0 atom stereocenters. The third kappa shape index (κ3) is 3.04. The molecule has 0 amide bonds. The lowest BCUT2D eigenvalue weighted by atomic mass is 10.0. The van der Waals surface area contributed by atoms with Crippen molar-refractivity contribution in [3.8, 4) is 0 Å². The zero-order chi connectivity index (χ0) is 19.1. The third-order valence-electron chi connectivity index (χ3n) is 4.74. The van der Waals surface area contributed by atoms with Gasteiger partial charge in [-0.25, -0.2) is 14.5 Å². The monoisotopic (exact) mass is 385 g/mol. The molecule has 3 aromatic rings. The topological polar surface area (TPSA) is 66.8 Å². The first-order chi connectivity index (χ1) is 13.0. The Balaban J connectivity index is 1.66. The number of halogens is 2. The smallest absolute Gasteiger partial charge is 0.285 e. The maximum atomic E-state index is 14.3. The molecule has 2 aromatic heterocycles. The van der Waals surface area contributed by atoms with E-state index < -0.39 is 5.56 Å². The molecule has 0 fully saturated rings. The highest BCUT2D eigenvalue weighted by Crippen LogP contribution is 2.30. The summed E-state index contributed by atoms with van der Waals surface area (Å²) in [5, 5.41) is 6.24. The summed E-state index contributed by atoms with van der Waals surface area (Å²) in [7, 11) is 0. The highest BCUT2D eigenvalue weighted by atomic mass is 35.5. The molecule has 0 saturated carbocycles. The number of H-pyrrole nitrogens is 1. The van der Waals surface area contributed by atoms with Crippen LogP contribution in [-0.4, -0.2) is 26.3 Å². The molecule has 6 nitrogen and oxygen atoms in total. The molecule has 0 bridgehead atoms. The van der Waals surface area contributed by atoms with E-state index in [0.29, 0.717) is 36.5 Å². The zero-order valence-electron chi connectivity index (χ0n) is 14.7. The van der Waals surface area contributed by atoms with Crippen LogP contribution in [0.2, 0.25) is 5.02 Å². The number of fused-ring (bicyclic) bond motifs is 1. The quantitative estimate of drug-likeness (QED) is 0.752. The summed E-state index contributed by atoms with van der Waals surface area (Å²) in [6, 6.07) is 4.97. The van der Waals surface area contributed by atoms with Crippen LogP contribution in [0.25, 0.3) is 5.57 Å². The summed E-state index contributed by atoms with van der Waals surface area (Å²) in [6.07, 6.45) is 3.24. The summed E-state index contributed by atoms with van der Waals surface area (Å²) in [6.45, 7) is 7.70. The van der Waals surface area contributed by atoms with Gasteiger partial charge in [0.25, 0.3) is 5.56 Å². The molecule has 3 heterocycles. The van der Waals surface area contributed by atoms with Gasteiger partial charge in [0, 0.05) is 24.2 Å². The molecule has 0 radical (unpaired) electrons.